The second-order valence-corrected chi connectivity index (χ2v) is 8.09. The van der Waals surface area contributed by atoms with Gasteiger partial charge < -0.3 is 9.47 Å². The minimum atomic E-state index is -0.589. The molecule has 0 heterocycles. The quantitative estimate of drug-likeness (QED) is 0.297. The topological polar surface area (TPSA) is 64.6 Å². The average molecular weight is 404 g/mol. The number of carbonyl (C=O) groups is 2. The third kappa shape index (κ3) is 7.76. The Morgan fingerprint density at radius 1 is 0.931 bits per heavy atom. The van der Waals surface area contributed by atoms with Gasteiger partial charge in [-0.05, 0) is 47.9 Å². The van der Waals surface area contributed by atoms with Gasteiger partial charge in [0.15, 0.2) is 0 Å². The van der Waals surface area contributed by atoms with Gasteiger partial charge in [0.2, 0.25) is 0 Å². The minimum Gasteiger partial charge on any atom is -0.459 e. The van der Waals surface area contributed by atoms with Gasteiger partial charge in [0, 0.05) is 12.7 Å². The van der Waals surface area contributed by atoms with Crippen LogP contribution in [0.3, 0.4) is 0 Å². The fourth-order valence-corrected chi connectivity index (χ4v) is 3.40. The third-order valence-electron chi connectivity index (χ3n) is 4.47. The predicted octanol–water partition coefficient (Wildman–Crippen LogP) is 6.32. The molecule has 0 unspecified atom stereocenters. The molecule has 5 nitrogen and oxygen atoms in total. The molecule has 0 fully saturated rings. The number of allylic oxidation sites excluding steroid dienone is 2. The molecule has 0 saturated carbocycles. The van der Waals surface area contributed by atoms with Crippen molar-refractivity contribution < 1.29 is 20.5 Å². The number of esters is 1. The number of ether oxygens (including phenoxy) is 2. The zero-order valence-corrected chi connectivity index (χ0v) is 18.8. The van der Waals surface area contributed by atoms with Crippen molar-refractivity contribution in [1.29, 1.82) is 0 Å². The molecule has 162 valence electrons. The lowest BCUT2D eigenvalue weighted by Gasteiger charge is -2.25. The SMILES string of the molecule is C=C(C)C(=O)OCCOC(=O)Nc1ccc(C(=C(C(C)C)C(C)C)C(C)C)cc1.[HH]. The lowest BCUT2D eigenvalue weighted by molar-refractivity contribution is -0.139. The van der Waals surface area contributed by atoms with Crippen molar-refractivity contribution in [2.45, 2.75) is 48.5 Å². The van der Waals surface area contributed by atoms with E-state index in [1.165, 1.54) is 16.7 Å². The van der Waals surface area contributed by atoms with Crippen LogP contribution in [-0.4, -0.2) is 25.3 Å². The summed E-state index contributed by atoms with van der Waals surface area (Å²) in [5, 5.41) is 2.69. The fourth-order valence-electron chi connectivity index (χ4n) is 3.40. The van der Waals surface area contributed by atoms with Crippen LogP contribution in [0.5, 0.6) is 0 Å². The van der Waals surface area contributed by atoms with Gasteiger partial charge in [0.1, 0.15) is 13.2 Å². The van der Waals surface area contributed by atoms with E-state index in [-0.39, 0.29) is 14.6 Å². The van der Waals surface area contributed by atoms with Gasteiger partial charge in [-0.25, -0.2) is 9.59 Å². The third-order valence-corrected chi connectivity index (χ3v) is 4.47. The molecule has 0 aliphatic carbocycles. The Balaban J connectivity index is 0.00000841. The largest absolute Gasteiger partial charge is 0.459 e. The summed E-state index contributed by atoms with van der Waals surface area (Å²) in [7, 11) is 0. The molecule has 0 atom stereocenters. The first-order valence-corrected chi connectivity index (χ1v) is 10.1. The zero-order valence-electron chi connectivity index (χ0n) is 18.8. The van der Waals surface area contributed by atoms with Gasteiger partial charge in [-0.1, -0.05) is 65.8 Å². The van der Waals surface area contributed by atoms with Gasteiger partial charge >= 0.3 is 12.1 Å². The van der Waals surface area contributed by atoms with Crippen LogP contribution in [0.2, 0.25) is 0 Å². The smallest absolute Gasteiger partial charge is 0.411 e. The Kier molecular flexibility index (Phi) is 9.66. The highest BCUT2D eigenvalue weighted by Gasteiger charge is 2.18. The summed E-state index contributed by atoms with van der Waals surface area (Å²) in [4.78, 5) is 23.2. The molecule has 1 aromatic carbocycles. The monoisotopic (exact) mass is 403 g/mol. The molecule has 29 heavy (non-hydrogen) atoms. The number of nitrogens with one attached hydrogen (secondary N) is 1. The first-order chi connectivity index (χ1) is 13.5. The second-order valence-electron chi connectivity index (χ2n) is 8.09. The first-order valence-electron chi connectivity index (χ1n) is 10.1. The Morgan fingerprint density at radius 2 is 1.45 bits per heavy atom. The molecular weight excluding hydrogens is 366 g/mol. The van der Waals surface area contributed by atoms with Crippen molar-refractivity contribution in [2.75, 3.05) is 18.5 Å². The normalized spacial score (nSPS) is 10.8. The Labute approximate surface area is 176 Å². The molecule has 5 heteroatoms. The molecule has 0 bridgehead atoms. The van der Waals surface area contributed by atoms with E-state index in [1.54, 1.807) is 6.92 Å². The molecule has 0 aromatic heterocycles. The van der Waals surface area contributed by atoms with Crippen LogP contribution >= 0.6 is 0 Å². The number of hydrogen-bond donors (Lipinski definition) is 1. The molecule has 1 aromatic rings. The number of benzene rings is 1. The van der Waals surface area contributed by atoms with Gasteiger partial charge in [-0.2, -0.15) is 0 Å². The van der Waals surface area contributed by atoms with Gasteiger partial charge in [-0.15, -0.1) is 0 Å². The number of rotatable bonds is 9. The van der Waals surface area contributed by atoms with Gasteiger partial charge in [-0.3, -0.25) is 5.32 Å². The standard InChI is InChI=1S/C24H35NO4.H2/c1-15(2)21(16(3)4)22(17(5)6)19-9-11-20(12-10-19)25-24(27)29-14-13-28-23(26)18(7)8;/h9-12,15-17H,7,13-14H2,1-6,8H3,(H,25,27);1H. The van der Waals surface area contributed by atoms with Crippen LogP contribution in [-0.2, 0) is 14.3 Å². The van der Waals surface area contributed by atoms with E-state index in [1.807, 2.05) is 24.3 Å². The van der Waals surface area contributed by atoms with Gasteiger partial charge in [0.25, 0.3) is 0 Å². The summed E-state index contributed by atoms with van der Waals surface area (Å²) in [6.07, 6.45) is -0.589. The molecule has 1 rings (SSSR count). The molecule has 1 amide bonds. The summed E-state index contributed by atoms with van der Waals surface area (Å²) in [6, 6.07) is 7.81. The average Bonchev–Trinajstić information content (AvgIpc) is 2.62. The highest BCUT2D eigenvalue weighted by molar-refractivity contribution is 5.87. The second kappa shape index (κ2) is 11.4. The summed E-state index contributed by atoms with van der Waals surface area (Å²) in [5.74, 6) is 0.847. The van der Waals surface area contributed by atoms with Crippen molar-refractivity contribution in [3.05, 3.63) is 47.6 Å². The van der Waals surface area contributed by atoms with Crippen LogP contribution < -0.4 is 5.32 Å². The highest BCUT2D eigenvalue weighted by Crippen LogP contribution is 2.35. The maximum absolute atomic E-state index is 11.9. The minimum absolute atomic E-state index is 0. The van der Waals surface area contributed by atoms with E-state index in [4.69, 9.17) is 9.47 Å². The lowest BCUT2D eigenvalue weighted by atomic mass is 9.81. The number of carbonyl (C=O) groups excluding carboxylic acids is 2. The Bertz CT molecular complexity index is 739. The lowest BCUT2D eigenvalue weighted by Crippen LogP contribution is -2.18. The molecule has 1 N–H and O–H groups in total. The molecular formula is C24H37NO4. The summed E-state index contributed by atoms with van der Waals surface area (Å²) in [5.41, 5.74) is 4.95. The molecule has 0 aliphatic heterocycles. The maximum atomic E-state index is 11.9. The van der Waals surface area contributed by atoms with Crippen LogP contribution in [0.1, 0.15) is 55.5 Å². The van der Waals surface area contributed by atoms with Gasteiger partial charge in [0.05, 0.1) is 0 Å². The molecule has 0 saturated heterocycles. The van der Waals surface area contributed by atoms with E-state index in [0.717, 1.165) is 0 Å². The van der Waals surface area contributed by atoms with Crippen LogP contribution in [0.4, 0.5) is 10.5 Å². The van der Waals surface area contributed by atoms with E-state index >= 15 is 0 Å². The summed E-state index contributed by atoms with van der Waals surface area (Å²) < 4.78 is 9.91. The fraction of sp³-hybridized carbons (Fsp3) is 0.500. The van der Waals surface area contributed by atoms with E-state index in [0.29, 0.717) is 29.0 Å². The number of anilines is 1. The van der Waals surface area contributed by atoms with Crippen molar-refractivity contribution >= 4 is 23.3 Å². The number of amides is 1. The Morgan fingerprint density at radius 3 is 1.90 bits per heavy atom. The summed E-state index contributed by atoms with van der Waals surface area (Å²) >= 11 is 0. The maximum Gasteiger partial charge on any atom is 0.411 e. The molecule has 0 radical (unpaired) electrons. The molecule has 0 spiro atoms. The van der Waals surface area contributed by atoms with E-state index in [2.05, 4.69) is 53.4 Å². The van der Waals surface area contributed by atoms with E-state index in [9.17, 15) is 9.59 Å². The summed E-state index contributed by atoms with van der Waals surface area (Å²) in [6.45, 7) is 18.4. The van der Waals surface area contributed by atoms with Crippen LogP contribution in [0.15, 0.2) is 42.0 Å². The van der Waals surface area contributed by atoms with Crippen molar-refractivity contribution in [2.24, 2.45) is 17.8 Å². The highest BCUT2D eigenvalue weighted by atomic mass is 16.6. The molecule has 0 aliphatic rings. The van der Waals surface area contributed by atoms with Crippen LogP contribution in [0.25, 0.3) is 5.57 Å². The van der Waals surface area contributed by atoms with Crippen molar-refractivity contribution in [1.82, 2.24) is 0 Å². The van der Waals surface area contributed by atoms with E-state index < -0.39 is 12.1 Å². The number of hydrogen-bond acceptors (Lipinski definition) is 4. The first kappa shape index (κ1) is 24.5. The van der Waals surface area contributed by atoms with Crippen LogP contribution in [0, 0.1) is 17.8 Å². The van der Waals surface area contributed by atoms with Crippen molar-refractivity contribution in [3.8, 4) is 0 Å². The predicted molar refractivity (Wildman–Crippen MR) is 121 cm³/mol. The zero-order chi connectivity index (χ0) is 22.1. The Hall–Kier alpha value is -2.56. The van der Waals surface area contributed by atoms with Crippen molar-refractivity contribution in [3.63, 3.8) is 0 Å².